The summed E-state index contributed by atoms with van der Waals surface area (Å²) in [7, 11) is 1.38. The minimum Gasteiger partial charge on any atom is -0.469 e. The third-order valence-electron chi connectivity index (χ3n) is 2.71. The summed E-state index contributed by atoms with van der Waals surface area (Å²) in [5.41, 5.74) is 0. The molecular formula is C12H20O4. The van der Waals surface area contributed by atoms with E-state index < -0.39 is 5.79 Å². The zero-order valence-electron chi connectivity index (χ0n) is 10.4. The van der Waals surface area contributed by atoms with Gasteiger partial charge in [0.15, 0.2) is 5.79 Å². The molecule has 1 fully saturated rings. The summed E-state index contributed by atoms with van der Waals surface area (Å²) in [6.07, 6.45) is 1.80. The normalized spacial score (nSPS) is 29.8. The summed E-state index contributed by atoms with van der Waals surface area (Å²) in [5.74, 6) is -0.934. The quantitative estimate of drug-likeness (QED) is 0.544. The van der Waals surface area contributed by atoms with Crippen LogP contribution in [0.15, 0.2) is 12.7 Å². The van der Waals surface area contributed by atoms with Crippen LogP contribution in [0.4, 0.5) is 0 Å². The molecule has 1 heterocycles. The zero-order chi connectivity index (χ0) is 12.3. The molecule has 0 unspecified atom stereocenters. The minimum atomic E-state index is -0.596. The Morgan fingerprint density at radius 1 is 1.56 bits per heavy atom. The lowest BCUT2D eigenvalue weighted by Crippen LogP contribution is -2.30. The van der Waals surface area contributed by atoms with Crippen molar-refractivity contribution in [1.82, 2.24) is 0 Å². The predicted octanol–water partition coefficient (Wildman–Crippen LogP) is 1.89. The van der Waals surface area contributed by atoms with E-state index in [0.717, 1.165) is 0 Å². The fourth-order valence-corrected chi connectivity index (χ4v) is 2.01. The highest BCUT2D eigenvalue weighted by Gasteiger charge is 2.42. The van der Waals surface area contributed by atoms with Crippen molar-refractivity contribution in [3.63, 3.8) is 0 Å². The molecular weight excluding hydrogens is 208 g/mol. The molecule has 0 spiro atoms. The third-order valence-corrected chi connectivity index (χ3v) is 2.71. The summed E-state index contributed by atoms with van der Waals surface area (Å²) in [6.45, 7) is 9.40. The SMILES string of the molecule is C=C[C@@H](CC(=O)OC)[C@@H]1OC(C)(C)O[C@H]1C. The molecule has 0 aromatic heterocycles. The van der Waals surface area contributed by atoms with Gasteiger partial charge >= 0.3 is 5.97 Å². The van der Waals surface area contributed by atoms with Gasteiger partial charge in [-0.1, -0.05) is 6.08 Å². The van der Waals surface area contributed by atoms with Gasteiger partial charge in [-0.2, -0.15) is 0 Å². The maximum atomic E-state index is 11.2. The first kappa shape index (κ1) is 13.2. The monoisotopic (exact) mass is 228 g/mol. The second kappa shape index (κ2) is 4.97. The molecule has 0 aliphatic carbocycles. The lowest BCUT2D eigenvalue weighted by molar-refractivity contribution is -0.152. The Morgan fingerprint density at radius 2 is 2.19 bits per heavy atom. The predicted molar refractivity (Wildman–Crippen MR) is 59.8 cm³/mol. The van der Waals surface area contributed by atoms with E-state index in [9.17, 15) is 4.79 Å². The summed E-state index contributed by atoms with van der Waals surface area (Å²) in [4.78, 5) is 11.2. The van der Waals surface area contributed by atoms with E-state index in [2.05, 4.69) is 11.3 Å². The highest BCUT2D eigenvalue weighted by atomic mass is 16.7. The van der Waals surface area contributed by atoms with E-state index in [1.165, 1.54) is 7.11 Å². The van der Waals surface area contributed by atoms with Gasteiger partial charge in [-0.25, -0.2) is 0 Å². The Labute approximate surface area is 96.6 Å². The van der Waals surface area contributed by atoms with Gasteiger partial charge < -0.3 is 14.2 Å². The van der Waals surface area contributed by atoms with Crippen molar-refractivity contribution in [3.05, 3.63) is 12.7 Å². The van der Waals surface area contributed by atoms with Gasteiger partial charge in [0, 0.05) is 5.92 Å². The van der Waals surface area contributed by atoms with Crippen LogP contribution < -0.4 is 0 Å². The molecule has 1 aliphatic heterocycles. The maximum absolute atomic E-state index is 11.2. The molecule has 16 heavy (non-hydrogen) atoms. The van der Waals surface area contributed by atoms with Crippen molar-refractivity contribution < 1.29 is 19.0 Å². The van der Waals surface area contributed by atoms with Gasteiger partial charge in [-0.15, -0.1) is 6.58 Å². The van der Waals surface area contributed by atoms with Crippen molar-refractivity contribution in [2.24, 2.45) is 5.92 Å². The van der Waals surface area contributed by atoms with Gasteiger partial charge in [-0.05, 0) is 20.8 Å². The molecule has 1 aliphatic rings. The van der Waals surface area contributed by atoms with Crippen LogP contribution in [0.2, 0.25) is 0 Å². The van der Waals surface area contributed by atoms with Crippen LogP contribution in [0.5, 0.6) is 0 Å². The zero-order valence-corrected chi connectivity index (χ0v) is 10.4. The number of hydrogen-bond donors (Lipinski definition) is 0. The number of carbonyl (C=O) groups is 1. The lowest BCUT2D eigenvalue weighted by Gasteiger charge is -2.21. The molecule has 3 atom stereocenters. The third kappa shape index (κ3) is 3.06. The van der Waals surface area contributed by atoms with E-state index in [0.29, 0.717) is 0 Å². The summed E-state index contributed by atoms with van der Waals surface area (Å²) >= 11 is 0. The largest absolute Gasteiger partial charge is 0.469 e. The van der Waals surface area contributed by atoms with Crippen LogP contribution in [-0.4, -0.2) is 31.1 Å². The molecule has 0 aromatic carbocycles. The fraction of sp³-hybridized carbons (Fsp3) is 0.750. The molecule has 92 valence electrons. The van der Waals surface area contributed by atoms with Crippen LogP contribution in [0.1, 0.15) is 27.2 Å². The molecule has 0 aromatic rings. The summed E-state index contributed by atoms with van der Waals surface area (Å²) < 4.78 is 16.0. The highest BCUT2D eigenvalue weighted by Crippen LogP contribution is 2.33. The highest BCUT2D eigenvalue weighted by molar-refractivity contribution is 5.69. The number of ether oxygens (including phenoxy) is 3. The van der Waals surface area contributed by atoms with Crippen molar-refractivity contribution in [1.29, 1.82) is 0 Å². The van der Waals surface area contributed by atoms with E-state index in [1.54, 1.807) is 6.08 Å². The number of carbonyl (C=O) groups excluding carboxylic acids is 1. The average molecular weight is 228 g/mol. The molecule has 4 nitrogen and oxygen atoms in total. The Balaban J connectivity index is 2.67. The maximum Gasteiger partial charge on any atom is 0.306 e. The minimum absolute atomic E-state index is 0.0531. The number of methoxy groups -OCH3 is 1. The van der Waals surface area contributed by atoms with Crippen molar-refractivity contribution in [2.75, 3.05) is 7.11 Å². The summed E-state index contributed by atoms with van der Waals surface area (Å²) in [5, 5.41) is 0. The molecule has 1 rings (SSSR count). The van der Waals surface area contributed by atoms with Gasteiger partial charge in [0.1, 0.15) is 0 Å². The smallest absolute Gasteiger partial charge is 0.306 e. The molecule has 0 radical (unpaired) electrons. The van der Waals surface area contributed by atoms with Crippen molar-refractivity contribution in [3.8, 4) is 0 Å². The van der Waals surface area contributed by atoms with Gasteiger partial charge in [0.05, 0.1) is 25.7 Å². The summed E-state index contributed by atoms with van der Waals surface area (Å²) in [6, 6.07) is 0. The number of rotatable bonds is 4. The topological polar surface area (TPSA) is 44.8 Å². The van der Waals surface area contributed by atoms with E-state index >= 15 is 0 Å². The molecule has 0 bridgehead atoms. The van der Waals surface area contributed by atoms with Gasteiger partial charge in [0.25, 0.3) is 0 Å². The van der Waals surface area contributed by atoms with Crippen LogP contribution in [0.3, 0.4) is 0 Å². The van der Waals surface area contributed by atoms with Gasteiger partial charge in [-0.3, -0.25) is 4.79 Å². The average Bonchev–Trinajstić information content (AvgIpc) is 2.48. The Morgan fingerprint density at radius 3 is 2.56 bits per heavy atom. The fourth-order valence-electron chi connectivity index (χ4n) is 2.01. The van der Waals surface area contributed by atoms with Crippen LogP contribution in [0.25, 0.3) is 0 Å². The molecule has 0 N–H and O–H groups in total. The van der Waals surface area contributed by atoms with E-state index in [1.807, 2.05) is 20.8 Å². The second-order valence-corrected chi connectivity index (χ2v) is 4.49. The van der Waals surface area contributed by atoms with E-state index in [4.69, 9.17) is 9.47 Å². The van der Waals surface area contributed by atoms with E-state index in [-0.39, 0.29) is 30.5 Å². The lowest BCUT2D eigenvalue weighted by atomic mass is 9.95. The van der Waals surface area contributed by atoms with Gasteiger partial charge in [0.2, 0.25) is 0 Å². The molecule has 0 saturated carbocycles. The number of esters is 1. The standard InChI is InChI=1S/C12H20O4/c1-6-9(7-10(13)14-5)11-8(2)15-12(3,4)16-11/h6,8-9,11H,1,7H2,2-5H3/t8-,9-,11+/m0/s1. The first-order valence-electron chi connectivity index (χ1n) is 5.44. The number of hydrogen-bond acceptors (Lipinski definition) is 4. The molecule has 0 amide bonds. The second-order valence-electron chi connectivity index (χ2n) is 4.49. The van der Waals surface area contributed by atoms with Crippen molar-refractivity contribution >= 4 is 5.97 Å². The van der Waals surface area contributed by atoms with Crippen LogP contribution in [-0.2, 0) is 19.0 Å². The molecule has 1 saturated heterocycles. The van der Waals surface area contributed by atoms with Crippen molar-refractivity contribution in [2.45, 2.75) is 45.2 Å². The van der Waals surface area contributed by atoms with Crippen LogP contribution in [0, 0.1) is 5.92 Å². The first-order valence-corrected chi connectivity index (χ1v) is 5.44. The Kier molecular flexibility index (Phi) is 4.10. The molecule has 4 heteroatoms. The van der Waals surface area contributed by atoms with Crippen LogP contribution >= 0.6 is 0 Å². The first-order chi connectivity index (χ1) is 7.39. The Bertz CT molecular complexity index is 272. The Hall–Kier alpha value is -0.870.